The molecule has 0 bridgehead atoms. The average Bonchev–Trinajstić information content (AvgIpc) is 2.19. The highest BCUT2D eigenvalue weighted by Crippen LogP contribution is 2.26. The number of carboxylic acid groups (broad SMARTS) is 1. The van der Waals surface area contributed by atoms with Crippen LogP contribution in [0.15, 0.2) is 12.1 Å². The molecular formula is C11H9F2NO2. The third-order valence-corrected chi connectivity index (χ3v) is 2.21. The molecule has 0 aromatic heterocycles. The lowest BCUT2D eigenvalue weighted by Crippen LogP contribution is -2.04. The molecule has 1 aromatic rings. The van der Waals surface area contributed by atoms with E-state index in [1.807, 2.05) is 0 Å². The van der Waals surface area contributed by atoms with Crippen molar-refractivity contribution in [2.24, 2.45) is 0 Å². The predicted molar refractivity (Wildman–Crippen MR) is 52.2 cm³/mol. The number of carbonyl (C=O) groups is 1. The van der Waals surface area contributed by atoms with Gasteiger partial charge < -0.3 is 5.11 Å². The summed E-state index contributed by atoms with van der Waals surface area (Å²) in [5.41, 5.74) is 0.316. The van der Waals surface area contributed by atoms with Crippen LogP contribution in [0.5, 0.6) is 0 Å². The van der Waals surface area contributed by atoms with Crippen LogP contribution in [0, 0.1) is 18.3 Å². The number of aliphatic carboxylic acids is 1. The third-order valence-electron chi connectivity index (χ3n) is 2.21. The molecule has 0 atom stereocenters. The summed E-state index contributed by atoms with van der Waals surface area (Å²) in [6.07, 6.45) is -3.00. The summed E-state index contributed by atoms with van der Waals surface area (Å²) in [6.45, 7) is 1.55. The number of nitrogens with zero attached hydrogens (tertiary/aromatic N) is 1. The molecule has 1 aromatic carbocycles. The van der Waals surface area contributed by atoms with Crippen molar-refractivity contribution in [3.05, 3.63) is 34.4 Å². The summed E-state index contributed by atoms with van der Waals surface area (Å²) >= 11 is 0. The van der Waals surface area contributed by atoms with Crippen LogP contribution >= 0.6 is 0 Å². The molecule has 0 saturated carbocycles. The quantitative estimate of drug-likeness (QED) is 0.859. The van der Waals surface area contributed by atoms with E-state index in [0.29, 0.717) is 11.1 Å². The van der Waals surface area contributed by atoms with Gasteiger partial charge in [-0.25, -0.2) is 8.78 Å². The average molecular weight is 225 g/mol. The van der Waals surface area contributed by atoms with Crippen molar-refractivity contribution < 1.29 is 18.7 Å². The van der Waals surface area contributed by atoms with Gasteiger partial charge >= 0.3 is 5.97 Å². The lowest BCUT2D eigenvalue weighted by Gasteiger charge is -2.08. The molecule has 1 N–H and O–H groups in total. The second-order valence-corrected chi connectivity index (χ2v) is 3.35. The maximum absolute atomic E-state index is 12.5. The summed E-state index contributed by atoms with van der Waals surface area (Å²) in [4.78, 5) is 10.5. The molecule has 0 amide bonds. The Bertz CT molecular complexity index is 464. The first-order valence-electron chi connectivity index (χ1n) is 4.49. The number of nitriles is 1. The van der Waals surface area contributed by atoms with Gasteiger partial charge in [-0.05, 0) is 30.2 Å². The molecule has 0 aliphatic carbocycles. The second kappa shape index (κ2) is 4.71. The second-order valence-electron chi connectivity index (χ2n) is 3.35. The standard InChI is InChI=1S/C11H9F2NO2/c1-6-2-9(11(12)13)8(5-14)3-7(6)4-10(15)16/h2-3,11H,4H2,1H3,(H,15,16). The normalized spacial score (nSPS) is 10.2. The van der Waals surface area contributed by atoms with E-state index in [9.17, 15) is 13.6 Å². The molecule has 0 aliphatic heterocycles. The van der Waals surface area contributed by atoms with Gasteiger partial charge in [0.25, 0.3) is 6.43 Å². The summed E-state index contributed by atoms with van der Waals surface area (Å²) in [6, 6.07) is 4.03. The zero-order valence-corrected chi connectivity index (χ0v) is 8.50. The first kappa shape index (κ1) is 12.1. The van der Waals surface area contributed by atoms with Crippen LogP contribution in [-0.2, 0) is 11.2 Å². The van der Waals surface area contributed by atoms with Crippen molar-refractivity contribution in [1.29, 1.82) is 5.26 Å². The number of carboxylic acids is 1. The summed E-state index contributed by atoms with van der Waals surface area (Å²) < 4.78 is 25.0. The Morgan fingerprint density at radius 3 is 2.62 bits per heavy atom. The summed E-state index contributed by atoms with van der Waals surface area (Å²) in [5.74, 6) is -1.06. The summed E-state index contributed by atoms with van der Waals surface area (Å²) in [7, 11) is 0. The molecule has 0 unspecified atom stereocenters. The maximum Gasteiger partial charge on any atom is 0.307 e. The van der Waals surface area contributed by atoms with Crippen LogP contribution in [0.3, 0.4) is 0 Å². The Hall–Kier alpha value is -1.96. The third kappa shape index (κ3) is 2.54. The smallest absolute Gasteiger partial charge is 0.307 e. The monoisotopic (exact) mass is 225 g/mol. The Morgan fingerprint density at radius 2 is 2.19 bits per heavy atom. The van der Waals surface area contributed by atoms with Gasteiger partial charge in [0.05, 0.1) is 18.1 Å². The number of hydrogen-bond donors (Lipinski definition) is 1. The fourth-order valence-corrected chi connectivity index (χ4v) is 1.41. The molecule has 16 heavy (non-hydrogen) atoms. The van der Waals surface area contributed by atoms with E-state index < -0.39 is 12.4 Å². The van der Waals surface area contributed by atoms with Crippen molar-refractivity contribution in [3.63, 3.8) is 0 Å². The van der Waals surface area contributed by atoms with Gasteiger partial charge in [0.15, 0.2) is 0 Å². The van der Waals surface area contributed by atoms with E-state index in [2.05, 4.69) is 0 Å². The molecule has 3 nitrogen and oxygen atoms in total. The number of halogens is 2. The van der Waals surface area contributed by atoms with Gasteiger partial charge in [0.2, 0.25) is 0 Å². The van der Waals surface area contributed by atoms with E-state index in [1.165, 1.54) is 12.1 Å². The highest BCUT2D eigenvalue weighted by Gasteiger charge is 2.16. The molecule has 0 fully saturated rings. The van der Waals surface area contributed by atoms with Crippen LogP contribution in [0.25, 0.3) is 0 Å². The van der Waals surface area contributed by atoms with Crippen molar-refractivity contribution in [3.8, 4) is 6.07 Å². The van der Waals surface area contributed by atoms with E-state index in [0.717, 1.165) is 0 Å². The van der Waals surface area contributed by atoms with Gasteiger partial charge in [0.1, 0.15) is 0 Å². The van der Waals surface area contributed by atoms with Gasteiger partial charge in [0, 0.05) is 5.56 Å². The van der Waals surface area contributed by atoms with E-state index >= 15 is 0 Å². The lowest BCUT2D eigenvalue weighted by atomic mass is 9.98. The number of alkyl halides is 2. The van der Waals surface area contributed by atoms with Gasteiger partial charge in [-0.15, -0.1) is 0 Å². The highest BCUT2D eigenvalue weighted by atomic mass is 19.3. The van der Waals surface area contributed by atoms with Crippen molar-refractivity contribution >= 4 is 5.97 Å². The van der Waals surface area contributed by atoms with Gasteiger partial charge in [-0.3, -0.25) is 4.79 Å². The fraction of sp³-hybridized carbons (Fsp3) is 0.273. The Morgan fingerprint density at radius 1 is 1.56 bits per heavy atom. The molecule has 5 heteroatoms. The molecule has 0 heterocycles. The first-order valence-corrected chi connectivity index (χ1v) is 4.49. The number of aryl methyl sites for hydroxylation is 1. The van der Waals surface area contributed by atoms with Gasteiger partial charge in [-0.1, -0.05) is 0 Å². The Labute approximate surface area is 90.9 Å². The lowest BCUT2D eigenvalue weighted by molar-refractivity contribution is -0.136. The first-order chi connectivity index (χ1) is 7.45. The zero-order valence-electron chi connectivity index (χ0n) is 8.50. The van der Waals surface area contributed by atoms with Crippen LogP contribution in [0.2, 0.25) is 0 Å². The minimum absolute atomic E-state index is 0.170. The van der Waals surface area contributed by atoms with E-state index in [-0.39, 0.29) is 17.5 Å². The molecule has 1 rings (SSSR count). The predicted octanol–water partition coefficient (Wildman–Crippen LogP) is 2.43. The molecule has 0 spiro atoms. The highest BCUT2D eigenvalue weighted by molar-refractivity contribution is 5.71. The van der Waals surface area contributed by atoms with Crippen molar-refractivity contribution in [2.75, 3.05) is 0 Å². The minimum Gasteiger partial charge on any atom is -0.481 e. The number of rotatable bonds is 3. The van der Waals surface area contributed by atoms with Crippen LogP contribution in [-0.4, -0.2) is 11.1 Å². The fourth-order valence-electron chi connectivity index (χ4n) is 1.41. The zero-order chi connectivity index (χ0) is 12.3. The van der Waals surface area contributed by atoms with Crippen LogP contribution in [0.1, 0.15) is 28.7 Å². The summed E-state index contributed by atoms with van der Waals surface area (Å²) in [5, 5.41) is 17.3. The molecule has 0 aliphatic rings. The number of hydrogen-bond acceptors (Lipinski definition) is 2. The van der Waals surface area contributed by atoms with Crippen LogP contribution in [0.4, 0.5) is 8.78 Å². The molecule has 84 valence electrons. The number of benzene rings is 1. The van der Waals surface area contributed by atoms with Crippen molar-refractivity contribution in [2.45, 2.75) is 19.8 Å². The SMILES string of the molecule is Cc1cc(C(F)F)c(C#N)cc1CC(=O)O. The van der Waals surface area contributed by atoms with Crippen molar-refractivity contribution in [1.82, 2.24) is 0 Å². The molecular weight excluding hydrogens is 216 g/mol. The van der Waals surface area contributed by atoms with E-state index in [4.69, 9.17) is 10.4 Å². The van der Waals surface area contributed by atoms with Crippen LogP contribution < -0.4 is 0 Å². The minimum atomic E-state index is -2.73. The largest absolute Gasteiger partial charge is 0.481 e. The van der Waals surface area contributed by atoms with Gasteiger partial charge in [-0.2, -0.15) is 5.26 Å². The topological polar surface area (TPSA) is 61.1 Å². The van der Waals surface area contributed by atoms with E-state index in [1.54, 1.807) is 13.0 Å². The molecule has 0 saturated heterocycles. The Balaban J connectivity index is 3.27. The molecule has 0 radical (unpaired) electrons. The maximum atomic E-state index is 12.5. The Kier molecular flexibility index (Phi) is 3.56.